The number of sulfone groups is 1. The number of nitriles is 1. The molecular weight excluding hydrogens is 252 g/mol. The SMILES string of the molecule is CCS(=O)(=O)c1ccc(NC(=O)CCC#N)cc1. The Balaban J connectivity index is 2.73. The molecule has 0 radical (unpaired) electrons. The molecule has 0 aliphatic heterocycles. The lowest BCUT2D eigenvalue weighted by Gasteiger charge is -2.05. The fourth-order valence-corrected chi connectivity index (χ4v) is 2.19. The van der Waals surface area contributed by atoms with Gasteiger partial charge in [-0.3, -0.25) is 4.79 Å². The van der Waals surface area contributed by atoms with Crippen LogP contribution in [0.4, 0.5) is 5.69 Å². The highest BCUT2D eigenvalue weighted by Gasteiger charge is 2.11. The van der Waals surface area contributed by atoms with Crippen LogP contribution in [0.3, 0.4) is 0 Å². The maximum absolute atomic E-state index is 11.6. The van der Waals surface area contributed by atoms with E-state index in [1.165, 1.54) is 24.3 Å². The smallest absolute Gasteiger partial charge is 0.225 e. The highest BCUT2D eigenvalue weighted by Crippen LogP contribution is 2.15. The van der Waals surface area contributed by atoms with E-state index in [1.807, 2.05) is 6.07 Å². The summed E-state index contributed by atoms with van der Waals surface area (Å²) in [5, 5.41) is 10.9. The third kappa shape index (κ3) is 3.86. The van der Waals surface area contributed by atoms with Crippen molar-refractivity contribution in [1.29, 1.82) is 5.26 Å². The molecule has 0 aliphatic carbocycles. The molecule has 0 spiro atoms. The monoisotopic (exact) mass is 266 g/mol. The molecule has 1 N–H and O–H groups in total. The van der Waals surface area contributed by atoms with Gasteiger partial charge in [-0.1, -0.05) is 6.92 Å². The highest BCUT2D eigenvalue weighted by molar-refractivity contribution is 7.91. The summed E-state index contributed by atoms with van der Waals surface area (Å²) < 4.78 is 23.1. The summed E-state index contributed by atoms with van der Waals surface area (Å²) in [6.07, 6.45) is 0.291. The van der Waals surface area contributed by atoms with Gasteiger partial charge in [-0.2, -0.15) is 5.26 Å². The maximum Gasteiger partial charge on any atom is 0.225 e. The number of anilines is 1. The van der Waals surface area contributed by atoms with E-state index < -0.39 is 9.84 Å². The van der Waals surface area contributed by atoms with Gasteiger partial charge < -0.3 is 5.32 Å². The van der Waals surface area contributed by atoms with Gasteiger partial charge in [0.2, 0.25) is 5.91 Å². The Hall–Kier alpha value is -1.87. The molecule has 96 valence electrons. The maximum atomic E-state index is 11.6. The molecule has 6 heteroatoms. The molecule has 18 heavy (non-hydrogen) atoms. The summed E-state index contributed by atoms with van der Waals surface area (Å²) in [6.45, 7) is 1.58. The molecule has 0 atom stereocenters. The van der Waals surface area contributed by atoms with Crippen molar-refractivity contribution in [3.8, 4) is 6.07 Å². The minimum Gasteiger partial charge on any atom is -0.326 e. The molecule has 5 nitrogen and oxygen atoms in total. The van der Waals surface area contributed by atoms with Gasteiger partial charge in [0.15, 0.2) is 9.84 Å². The van der Waals surface area contributed by atoms with Gasteiger partial charge in [0.05, 0.1) is 16.7 Å². The number of hydrogen-bond donors (Lipinski definition) is 1. The molecule has 0 bridgehead atoms. The van der Waals surface area contributed by atoms with Crippen LogP contribution < -0.4 is 5.32 Å². The van der Waals surface area contributed by atoms with E-state index in [-0.39, 0.29) is 29.4 Å². The minimum absolute atomic E-state index is 0.0425. The third-order valence-corrected chi connectivity index (χ3v) is 4.09. The van der Waals surface area contributed by atoms with Crippen LogP contribution in [0, 0.1) is 11.3 Å². The fraction of sp³-hybridized carbons (Fsp3) is 0.333. The normalized spacial score (nSPS) is 10.7. The first-order valence-corrected chi connectivity index (χ1v) is 7.14. The van der Waals surface area contributed by atoms with E-state index in [1.54, 1.807) is 6.92 Å². The zero-order chi connectivity index (χ0) is 13.6. The Morgan fingerprint density at radius 3 is 2.44 bits per heavy atom. The first kappa shape index (κ1) is 14.2. The summed E-state index contributed by atoms with van der Waals surface area (Å²) in [6, 6.07) is 7.86. The summed E-state index contributed by atoms with van der Waals surface area (Å²) in [5.74, 6) is -0.219. The Bertz CT molecular complexity index is 556. The molecular formula is C12H14N2O3S. The molecule has 1 aromatic carbocycles. The van der Waals surface area contributed by atoms with Crippen LogP contribution >= 0.6 is 0 Å². The number of benzene rings is 1. The average Bonchev–Trinajstić information content (AvgIpc) is 2.37. The molecule has 0 heterocycles. The predicted octanol–water partition coefficient (Wildman–Crippen LogP) is 1.72. The van der Waals surface area contributed by atoms with Crippen molar-refractivity contribution in [2.75, 3.05) is 11.1 Å². The number of carbonyl (C=O) groups is 1. The Morgan fingerprint density at radius 1 is 1.33 bits per heavy atom. The lowest BCUT2D eigenvalue weighted by atomic mass is 10.3. The number of amides is 1. The first-order chi connectivity index (χ1) is 8.49. The van der Waals surface area contributed by atoms with Crippen LogP contribution in [0.2, 0.25) is 0 Å². The van der Waals surface area contributed by atoms with Crippen LogP contribution in [0.5, 0.6) is 0 Å². The second-order valence-electron chi connectivity index (χ2n) is 3.63. The van der Waals surface area contributed by atoms with E-state index in [2.05, 4.69) is 5.32 Å². The molecule has 0 saturated carbocycles. The second kappa shape index (κ2) is 6.17. The molecule has 1 amide bonds. The number of hydrogen-bond acceptors (Lipinski definition) is 4. The van der Waals surface area contributed by atoms with E-state index in [4.69, 9.17) is 5.26 Å². The molecule has 1 aromatic rings. The summed E-state index contributed by atoms with van der Waals surface area (Å²) in [7, 11) is -3.21. The minimum atomic E-state index is -3.21. The van der Waals surface area contributed by atoms with E-state index in [0.717, 1.165) is 0 Å². The van der Waals surface area contributed by atoms with Crippen LogP contribution in [0.15, 0.2) is 29.2 Å². The Labute approximate surface area is 106 Å². The van der Waals surface area contributed by atoms with Gasteiger partial charge in [0, 0.05) is 18.5 Å². The van der Waals surface area contributed by atoms with Crippen LogP contribution in [0.25, 0.3) is 0 Å². The van der Waals surface area contributed by atoms with Crippen molar-refractivity contribution < 1.29 is 13.2 Å². The fourth-order valence-electron chi connectivity index (χ4n) is 1.31. The topological polar surface area (TPSA) is 87.0 Å². The molecule has 0 fully saturated rings. The molecule has 0 aromatic heterocycles. The van der Waals surface area contributed by atoms with Gasteiger partial charge >= 0.3 is 0 Å². The zero-order valence-electron chi connectivity index (χ0n) is 10.0. The van der Waals surface area contributed by atoms with Crippen LogP contribution in [-0.4, -0.2) is 20.1 Å². The lowest BCUT2D eigenvalue weighted by Crippen LogP contribution is -2.11. The van der Waals surface area contributed by atoms with E-state index >= 15 is 0 Å². The van der Waals surface area contributed by atoms with Crippen molar-refractivity contribution in [3.05, 3.63) is 24.3 Å². The van der Waals surface area contributed by atoms with Crippen molar-refractivity contribution in [2.24, 2.45) is 0 Å². The van der Waals surface area contributed by atoms with Gasteiger partial charge in [-0.05, 0) is 24.3 Å². The van der Waals surface area contributed by atoms with Crippen LogP contribution in [-0.2, 0) is 14.6 Å². The van der Waals surface area contributed by atoms with Gasteiger partial charge in [-0.15, -0.1) is 0 Å². The zero-order valence-corrected chi connectivity index (χ0v) is 10.8. The van der Waals surface area contributed by atoms with Gasteiger partial charge in [0.25, 0.3) is 0 Å². The summed E-state index contributed by atoms with van der Waals surface area (Å²) in [5.41, 5.74) is 0.521. The highest BCUT2D eigenvalue weighted by atomic mass is 32.2. The third-order valence-electron chi connectivity index (χ3n) is 2.34. The van der Waals surface area contributed by atoms with Crippen molar-refractivity contribution >= 4 is 21.4 Å². The van der Waals surface area contributed by atoms with E-state index in [9.17, 15) is 13.2 Å². The second-order valence-corrected chi connectivity index (χ2v) is 5.91. The number of nitrogens with one attached hydrogen (secondary N) is 1. The number of carbonyl (C=O) groups excluding carboxylic acids is 1. The number of rotatable bonds is 5. The van der Waals surface area contributed by atoms with Crippen LogP contribution in [0.1, 0.15) is 19.8 Å². The largest absolute Gasteiger partial charge is 0.326 e. The summed E-state index contributed by atoms with van der Waals surface area (Å²) in [4.78, 5) is 11.6. The Morgan fingerprint density at radius 2 is 1.94 bits per heavy atom. The van der Waals surface area contributed by atoms with Crippen molar-refractivity contribution in [2.45, 2.75) is 24.7 Å². The average molecular weight is 266 g/mol. The Kier molecular flexibility index (Phi) is 4.86. The molecule has 0 aliphatic rings. The summed E-state index contributed by atoms with van der Waals surface area (Å²) >= 11 is 0. The van der Waals surface area contributed by atoms with Crippen molar-refractivity contribution in [3.63, 3.8) is 0 Å². The van der Waals surface area contributed by atoms with Crippen molar-refractivity contribution in [1.82, 2.24) is 0 Å². The van der Waals surface area contributed by atoms with E-state index in [0.29, 0.717) is 5.69 Å². The molecule has 0 saturated heterocycles. The number of nitrogens with zero attached hydrogens (tertiary/aromatic N) is 1. The van der Waals surface area contributed by atoms with Gasteiger partial charge in [0.1, 0.15) is 0 Å². The lowest BCUT2D eigenvalue weighted by molar-refractivity contribution is -0.116. The standard InChI is InChI=1S/C12H14N2O3S/c1-2-18(16,17)11-7-5-10(6-8-11)14-12(15)4-3-9-13/h5-8H,2-4H2,1H3,(H,14,15). The first-order valence-electron chi connectivity index (χ1n) is 5.49. The van der Waals surface area contributed by atoms with Gasteiger partial charge in [-0.25, -0.2) is 8.42 Å². The molecule has 0 unspecified atom stereocenters. The molecule has 1 rings (SSSR count). The quantitative estimate of drug-likeness (QED) is 0.879. The predicted molar refractivity (Wildman–Crippen MR) is 67.6 cm³/mol.